The van der Waals surface area contributed by atoms with Crippen LogP contribution < -0.4 is 9.47 Å². The first-order valence-electron chi connectivity index (χ1n) is 4.12. The lowest BCUT2D eigenvalue weighted by Crippen LogP contribution is -2.17. The summed E-state index contributed by atoms with van der Waals surface area (Å²) in [5.74, 6) is -1.74. The normalized spacial score (nSPS) is 13.7. The summed E-state index contributed by atoms with van der Waals surface area (Å²) in [6, 6.07) is 1.02. The lowest BCUT2D eigenvalue weighted by Gasteiger charge is -2.20. The highest BCUT2D eigenvalue weighted by Gasteiger charge is 2.25. The van der Waals surface area contributed by atoms with Crippen molar-refractivity contribution in [2.75, 3.05) is 13.2 Å². The van der Waals surface area contributed by atoms with Crippen LogP contribution >= 0.6 is 15.9 Å². The van der Waals surface area contributed by atoms with Gasteiger partial charge in [-0.05, 0) is 15.9 Å². The Morgan fingerprint density at radius 2 is 2.13 bits per heavy atom. The van der Waals surface area contributed by atoms with E-state index >= 15 is 0 Å². The van der Waals surface area contributed by atoms with E-state index < -0.39 is 17.3 Å². The summed E-state index contributed by atoms with van der Waals surface area (Å²) in [4.78, 5) is 10.8. The molecule has 0 atom stereocenters. The Morgan fingerprint density at radius 1 is 1.47 bits per heavy atom. The lowest BCUT2D eigenvalue weighted by atomic mass is 10.2. The summed E-state index contributed by atoms with van der Waals surface area (Å²) in [7, 11) is 0. The van der Waals surface area contributed by atoms with E-state index in [1.807, 2.05) is 0 Å². The molecule has 0 bridgehead atoms. The van der Waals surface area contributed by atoms with Crippen molar-refractivity contribution in [3.05, 3.63) is 21.9 Å². The molecule has 0 fully saturated rings. The molecule has 0 amide bonds. The van der Waals surface area contributed by atoms with E-state index in [0.29, 0.717) is 13.2 Å². The Bertz CT molecular complexity index is 433. The van der Waals surface area contributed by atoms with Gasteiger partial charge in [-0.15, -0.1) is 0 Å². The van der Waals surface area contributed by atoms with Crippen molar-refractivity contribution in [3.8, 4) is 11.5 Å². The monoisotopic (exact) mass is 276 g/mol. The van der Waals surface area contributed by atoms with Crippen LogP contribution in [0.2, 0.25) is 0 Å². The molecule has 2 rings (SSSR count). The summed E-state index contributed by atoms with van der Waals surface area (Å²) >= 11 is 2.99. The van der Waals surface area contributed by atoms with Gasteiger partial charge in [0.15, 0.2) is 11.5 Å². The maximum Gasteiger partial charge on any atom is 0.339 e. The van der Waals surface area contributed by atoms with Gasteiger partial charge in [-0.3, -0.25) is 0 Å². The van der Waals surface area contributed by atoms with Crippen LogP contribution in [0.4, 0.5) is 4.39 Å². The number of carboxylic acids is 1. The highest BCUT2D eigenvalue weighted by Crippen LogP contribution is 2.40. The predicted octanol–water partition coefficient (Wildman–Crippen LogP) is 2.06. The van der Waals surface area contributed by atoms with Gasteiger partial charge in [0, 0.05) is 6.07 Å². The third-order valence-corrected chi connectivity index (χ3v) is 2.70. The van der Waals surface area contributed by atoms with Crippen LogP contribution in [0.15, 0.2) is 10.5 Å². The molecule has 1 aliphatic rings. The molecular weight excluding hydrogens is 271 g/mol. The zero-order chi connectivity index (χ0) is 11.0. The van der Waals surface area contributed by atoms with Gasteiger partial charge in [0.25, 0.3) is 0 Å². The maximum atomic E-state index is 13.3. The molecule has 0 saturated carbocycles. The first kappa shape index (κ1) is 10.2. The van der Waals surface area contributed by atoms with Crippen molar-refractivity contribution in [1.29, 1.82) is 0 Å². The van der Waals surface area contributed by atoms with Gasteiger partial charge in [-0.25, -0.2) is 9.18 Å². The highest BCUT2D eigenvalue weighted by atomic mass is 79.9. The van der Waals surface area contributed by atoms with Crippen LogP contribution in [-0.4, -0.2) is 24.3 Å². The third kappa shape index (κ3) is 1.65. The van der Waals surface area contributed by atoms with E-state index in [1.165, 1.54) is 0 Å². The van der Waals surface area contributed by atoms with E-state index in [4.69, 9.17) is 14.6 Å². The summed E-state index contributed by atoms with van der Waals surface area (Å²) < 4.78 is 23.7. The second-order valence-corrected chi connectivity index (χ2v) is 3.67. The van der Waals surface area contributed by atoms with Crippen molar-refractivity contribution >= 4 is 21.9 Å². The highest BCUT2D eigenvalue weighted by molar-refractivity contribution is 9.10. The Hall–Kier alpha value is -1.30. The quantitative estimate of drug-likeness (QED) is 0.853. The number of fused-ring (bicyclic) bond motifs is 1. The molecule has 1 aromatic carbocycles. The van der Waals surface area contributed by atoms with Gasteiger partial charge >= 0.3 is 5.97 Å². The average molecular weight is 277 g/mol. The van der Waals surface area contributed by atoms with Gasteiger partial charge in [-0.2, -0.15) is 0 Å². The molecule has 0 spiro atoms. The topological polar surface area (TPSA) is 55.8 Å². The largest absolute Gasteiger partial charge is 0.486 e. The Kier molecular flexibility index (Phi) is 2.52. The smallest absolute Gasteiger partial charge is 0.339 e. The average Bonchev–Trinajstić information content (AvgIpc) is 2.17. The number of hydrogen-bond acceptors (Lipinski definition) is 3. The lowest BCUT2D eigenvalue weighted by molar-refractivity contribution is 0.0689. The Labute approximate surface area is 92.7 Å². The molecule has 0 aliphatic carbocycles. The number of aromatic carboxylic acids is 1. The van der Waals surface area contributed by atoms with Crippen molar-refractivity contribution in [2.45, 2.75) is 0 Å². The van der Waals surface area contributed by atoms with E-state index in [2.05, 4.69) is 15.9 Å². The SMILES string of the molecule is O=C(O)c1c(F)cc2c(c1Br)OCCO2. The number of halogens is 2. The fourth-order valence-electron chi connectivity index (χ4n) is 1.31. The molecule has 0 unspecified atom stereocenters. The van der Waals surface area contributed by atoms with Crippen molar-refractivity contribution < 1.29 is 23.8 Å². The first-order valence-corrected chi connectivity index (χ1v) is 4.91. The van der Waals surface area contributed by atoms with Crippen molar-refractivity contribution in [2.24, 2.45) is 0 Å². The minimum Gasteiger partial charge on any atom is -0.486 e. The number of carbonyl (C=O) groups is 1. The van der Waals surface area contributed by atoms with Crippen LogP contribution in [0.25, 0.3) is 0 Å². The van der Waals surface area contributed by atoms with Gasteiger partial charge < -0.3 is 14.6 Å². The number of hydrogen-bond donors (Lipinski definition) is 1. The van der Waals surface area contributed by atoms with Crippen LogP contribution in [0, 0.1) is 5.82 Å². The van der Waals surface area contributed by atoms with Crippen molar-refractivity contribution in [3.63, 3.8) is 0 Å². The minimum absolute atomic E-state index is 0.0738. The Morgan fingerprint density at radius 3 is 2.80 bits per heavy atom. The van der Waals surface area contributed by atoms with E-state index in [-0.39, 0.29) is 16.0 Å². The fraction of sp³-hybridized carbons (Fsp3) is 0.222. The molecule has 1 heterocycles. The third-order valence-electron chi connectivity index (χ3n) is 1.94. The van der Waals surface area contributed by atoms with Gasteiger partial charge in [0.1, 0.15) is 24.6 Å². The van der Waals surface area contributed by atoms with Crippen LogP contribution in [-0.2, 0) is 0 Å². The van der Waals surface area contributed by atoms with E-state index in [1.54, 1.807) is 0 Å². The molecular formula is C9H6BrFO4. The standard InChI is InChI=1S/C9H6BrFO4/c10-7-6(9(12)13)4(11)3-5-8(7)15-2-1-14-5/h3H,1-2H2,(H,12,13). The first-order chi connectivity index (χ1) is 7.11. The fourth-order valence-corrected chi connectivity index (χ4v) is 1.98. The molecule has 0 aromatic heterocycles. The van der Waals surface area contributed by atoms with Crippen LogP contribution in [0.3, 0.4) is 0 Å². The number of benzene rings is 1. The summed E-state index contributed by atoms with van der Waals surface area (Å²) in [5, 5.41) is 8.78. The molecule has 0 radical (unpaired) electrons. The number of carboxylic acid groups (broad SMARTS) is 1. The summed E-state index contributed by atoms with van der Waals surface area (Å²) in [5.41, 5.74) is -0.445. The molecule has 1 aromatic rings. The van der Waals surface area contributed by atoms with Gasteiger partial charge in [0.05, 0.1) is 4.47 Å². The van der Waals surface area contributed by atoms with Crippen molar-refractivity contribution in [1.82, 2.24) is 0 Å². The minimum atomic E-state index is -1.35. The molecule has 1 aliphatic heterocycles. The molecule has 80 valence electrons. The summed E-state index contributed by atoms with van der Waals surface area (Å²) in [6.07, 6.45) is 0. The second kappa shape index (κ2) is 3.69. The van der Waals surface area contributed by atoms with Gasteiger partial charge in [0.2, 0.25) is 0 Å². The number of rotatable bonds is 1. The zero-order valence-corrected chi connectivity index (χ0v) is 9.01. The Balaban J connectivity index is 2.64. The molecule has 15 heavy (non-hydrogen) atoms. The second-order valence-electron chi connectivity index (χ2n) is 2.88. The predicted molar refractivity (Wildman–Crippen MR) is 52.0 cm³/mol. The van der Waals surface area contributed by atoms with E-state index in [9.17, 15) is 9.18 Å². The summed E-state index contributed by atoms with van der Waals surface area (Å²) in [6.45, 7) is 0.640. The molecule has 4 nitrogen and oxygen atoms in total. The van der Waals surface area contributed by atoms with Crippen LogP contribution in [0.1, 0.15) is 10.4 Å². The van der Waals surface area contributed by atoms with Gasteiger partial charge in [-0.1, -0.05) is 0 Å². The maximum absolute atomic E-state index is 13.3. The molecule has 6 heteroatoms. The molecule has 0 saturated heterocycles. The van der Waals surface area contributed by atoms with E-state index in [0.717, 1.165) is 6.07 Å². The number of ether oxygens (including phenoxy) is 2. The molecule has 1 N–H and O–H groups in total. The van der Waals surface area contributed by atoms with Crippen LogP contribution in [0.5, 0.6) is 11.5 Å². The zero-order valence-electron chi connectivity index (χ0n) is 7.42.